The minimum Gasteiger partial charge on any atom is -0.462 e. The maximum absolute atomic E-state index is 12.8. The lowest BCUT2D eigenvalue weighted by Gasteiger charge is -2.31. The van der Waals surface area contributed by atoms with Crippen molar-refractivity contribution in [2.45, 2.75) is 34.1 Å². The van der Waals surface area contributed by atoms with Crippen LogP contribution in [0.2, 0.25) is 0 Å². The molecule has 0 unspecified atom stereocenters. The van der Waals surface area contributed by atoms with Crippen molar-refractivity contribution in [1.29, 1.82) is 0 Å². The molecule has 1 aromatic carbocycles. The Morgan fingerprint density at radius 1 is 1.30 bits per heavy atom. The molecule has 0 atom stereocenters. The van der Waals surface area contributed by atoms with Crippen molar-refractivity contribution in [3.05, 3.63) is 57.3 Å². The number of hydrogen-bond donors (Lipinski definition) is 2. The van der Waals surface area contributed by atoms with E-state index >= 15 is 0 Å². The van der Waals surface area contributed by atoms with E-state index in [9.17, 15) is 10.0 Å². The number of pyridine rings is 1. The first-order chi connectivity index (χ1) is 12.8. The van der Waals surface area contributed by atoms with Crippen molar-refractivity contribution in [3.63, 3.8) is 0 Å². The molecule has 27 heavy (non-hydrogen) atoms. The van der Waals surface area contributed by atoms with Crippen LogP contribution in [0.3, 0.4) is 0 Å². The van der Waals surface area contributed by atoms with Crippen LogP contribution in [0.4, 0.5) is 0 Å². The summed E-state index contributed by atoms with van der Waals surface area (Å²) in [4.78, 5) is 17.5. The number of nitrogens with zero attached hydrogens (tertiary/aromatic N) is 1. The molecule has 1 aliphatic rings. The summed E-state index contributed by atoms with van der Waals surface area (Å²) in [7, 11) is 0. The first-order valence-corrected chi connectivity index (χ1v) is 9.66. The van der Waals surface area contributed by atoms with Gasteiger partial charge in [-0.05, 0) is 43.4 Å². The normalized spacial score (nSPS) is 15.0. The number of ether oxygens (including phenoxy) is 1. The van der Waals surface area contributed by atoms with Crippen LogP contribution in [0.1, 0.15) is 48.1 Å². The van der Waals surface area contributed by atoms with Crippen LogP contribution < -0.4 is 5.48 Å². The van der Waals surface area contributed by atoms with Gasteiger partial charge in [0.25, 0.3) is 0 Å². The molecule has 2 aromatic rings. The highest BCUT2D eigenvalue weighted by atomic mass is 79.9. The van der Waals surface area contributed by atoms with E-state index in [-0.39, 0.29) is 12.0 Å². The molecule has 1 aliphatic carbocycles. The lowest BCUT2D eigenvalue weighted by atomic mass is 9.77. The maximum Gasteiger partial charge on any atom is 0.340 e. The summed E-state index contributed by atoms with van der Waals surface area (Å²) < 4.78 is 6.25. The van der Waals surface area contributed by atoms with E-state index in [0.717, 1.165) is 26.9 Å². The Kier molecular flexibility index (Phi) is 5.40. The Labute approximate surface area is 167 Å². The van der Waals surface area contributed by atoms with Crippen LogP contribution in [0, 0.1) is 12.3 Å². The van der Waals surface area contributed by atoms with Crippen LogP contribution in [0.15, 0.2) is 34.8 Å². The third-order valence-electron chi connectivity index (χ3n) is 4.61. The molecule has 0 amide bonds. The molecule has 2 N–H and O–H groups in total. The second-order valence-corrected chi connectivity index (χ2v) is 8.25. The Balaban J connectivity index is 2.38. The van der Waals surface area contributed by atoms with E-state index in [0.29, 0.717) is 23.4 Å². The number of carbonyl (C=O) groups is 1. The number of hydroxylamine groups is 1. The fourth-order valence-electron chi connectivity index (χ4n) is 3.57. The predicted molar refractivity (Wildman–Crippen MR) is 108 cm³/mol. The number of halogens is 1. The van der Waals surface area contributed by atoms with Crippen LogP contribution in [0.25, 0.3) is 16.8 Å². The zero-order chi connectivity index (χ0) is 19.8. The standard InChI is InChI=1S/C21H23BrN2O3/c1-5-27-20(25)17-12(2)23-15-10-21(3,4)11-16(24-26)19(15)18(17)13-6-8-14(22)9-7-13/h6-9,11,24,26H,5,10H2,1-4H3. The van der Waals surface area contributed by atoms with Crippen LogP contribution in [-0.2, 0) is 11.2 Å². The van der Waals surface area contributed by atoms with E-state index in [4.69, 9.17) is 9.72 Å². The molecule has 1 heterocycles. The number of carbonyl (C=O) groups excluding carboxylic acids is 1. The van der Waals surface area contributed by atoms with Gasteiger partial charge in [-0.25, -0.2) is 4.79 Å². The van der Waals surface area contributed by atoms with Gasteiger partial charge in [0.15, 0.2) is 0 Å². The minimum atomic E-state index is -0.412. The quantitative estimate of drug-likeness (QED) is 0.533. The molecule has 0 radical (unpaired) electrons. The van der Waals surface area contributed by atoms with Crippen molar-refractivity contribution >= 4 is 27.6 Å². The van der Waals surface area contributed by atoms with Gasteiger partial charge >= 0.3 is 5.97 Å². The number of esters is 1. The van der Waals surface area contributed by atoms with E-state index in [1.54, 1.807) is 6.92 Å². The molecule has 0 aliphatic heterocycles. The summed E-state index contributed by atoms with van der Waals surface area (Å²) in [6.45, 7) is 8.06. The van der Waals surface area contributed by atoms with Crippen molar-refractivity contribution in [2.75, 3.05) is 6.61 Å². The highest BCUT2D eigenvalue weighted by Crippen LogP contribution is 2.42. The summed E-state index contributed by atoms with van der Waals surface area (Å²) in [5, 5.41) is 9.82. The van der Waals surface area contributed by atoms with Crippen molar-refractivity contribution in [3.8, 4) is 11.1 Å². The lowest BCUT2D eigenvalue weighted by Crippen LogP contribution is -2.26. The van der Waals surface area contributed by atoms with E-state index in [1.165, 1.54) is 0 Å². The topological polar surface area (TPSA) is 71.5 Å². The Bertz CT molecular complexity index is 918. The smallest absolute Gasteiger partial charge is 0.340 e. The number of aryl methyl sites for hydroxylation is 1. The van der Waals surface area contributed by atoms with Gasteiger partial charge in [-0.15, -0.1) is 0 Å². The highest BCUT2D eigenvalue weighted by Gasteiger charge is 2.32. The van der Waals surface area contributed by atoms with Gasteiger partial charge < -0.3 is 4.74 Å². The fourth-order valence-corrected chi connectivity index (χ4v) is 3.84. The molecule has 0 saturated carbocycles. The summed E-state index contributed by atoms with van der Waals surface area (Å²) in [6, 6.07) is 7.73. The van der Waals surface area contributed by atoms with Gasteiger partial charge in [0.1, 0.15) is 0 Å². The molecule has 1 aromatic heterocycles. The first-order valence-electron chi connectivity index (χ1n) is 8.87. The second kappa shape index (κ2) is 7.44. The molecule has 0 spiro atoms. The van der Waals surface area contributed by atoms with E-state index < -0.39 is 5.97 Å². The molecule has 0 bridgehead atoms. The maximum atomic E-state index is 12.8. The monoisotopic (exact) mass is 430 g/mol. The second-order valence-electron chi connectivity index (χ2n) is 7.33. The molecule has 0 saturated heterocycles. The number of aromatic nitrogens is 1. The van der Waals surface area contributed by atoms with E-state index in [1.807, 2.05) is 37.3 Å². The largest absolute Gasteiger partial charge is 0.462 e. The first kappa shape index (κ1) is 19.6. The van der Waals surface area contributed by atoms with Gasteiger partial charge in [0.05, 0.1) is 29.3 Å². The number of benzene rings is 1. The minimum absolute atomic E-state index is 0.167. The van der Waals surface area contributed by atoms with Gasteiger partial charge in [-0.1, -0.05) is 48.0 Å². The zero-order valence-electron chi connectivity index (χ0n) is 15.9. The Morgan fingerprint density at radius 2 is 1.96 bits per heavy atom. The summed E-state index contributed by atoms with van der Waals surface area (Å²) in [5.74, 6) is -0.412. The summed E-state index contributed by atoms with van der Waals surface area (Å²) >= 11 is 3.45. The van der Waals surface area contributed by atoms with Gasteiger partial charge in [-0.2, -0.15) is 0 Å². The number of fused-ring (bicyclic) bond motifs is 1. The zero-order valence-corrected chi connectivity index (χ0v) is 17.5. The van der Waals surface area contributed by atoms with Crippen molar-refractivity contribution in [2.24, 2.45) is 5.41 Å². The molecule has 142 valence electrons. The predicted octanol–water partition coefficient (Wildman–Crippen LogP) is 4.90. The number of nitrogens with one attached hydrogen (secondary N) is 1. The number of allylic oxidation sites excluding steroid dienone is 1. The molecule has 3 rings (SSSR count). The highest BCUT2D eigenvalue weighted by molar-refractivity contribution is 9.10. The van der Waals surface area contributed by atoms with Crippen LogP contribution in [0.5, 0.6) is 0 Å². The number of hydrogen-bond acceptors (Lipinski definition) is 5. The Hall–Kier alpha value is -2.18. The van der Waals surface area contributed by atoms with Crippen LogP contribution in [-0.4, -0.2) is 22.8 Å². The Morgan fingerprint density at radius 3 is 2.56 bits per heavy atom. The molecular weight excluding hydrogens is 408 g/mol. The van der Waals surface area contributed by atoms with Crippen molar-refractivity contribution < 1.29 is 14.7 Å². The average Bonchev–Trinajstić information content (AvgIpc) is 2.59. The molecular formula is C21H23BrN2O3. The molecule has 0 fully saturated rings. The SMILES string of the molecule is CCOC(=O)c1c(C)nc2c(c1-c1ccc(Br)cc1)C(NO)=CC(C)(C)C2. The fraction of sp³-hybridized carbons (Fsp3) is 0.333. The average molecular weight is 431 g/mol. The summed E-state index contributed by atoms with van der Waals surface area (Å²) in [6.07, 6.45) is 2.69. The molecule has 6 heteroatoms. The van der Waals surface area contributed by atoms with Crippen molar-refractivity contribution in [1.82, 2.24) is 10.5 Å². The van der Waals surface area contributed by atoms with E-state index in [2.05, 4.69) is 35.3 Å². The molecule has 5 nitrogen and oxygen atoms in total. The summed E-state index contributed by atoms with van der Waals surface area (Å²) in [5.41, 5.74) is 6.94. The van der Waals surface area contributed by atoms with Crippen LogP contribution >= 0.6 is 15.9 Å². The lowest BCUT2D eigenvalue weighted by molar-refractivity contribution is 0.0525. The third kappa shape index (κ3) is 3.77. The third-order valence-corrected chi connectivity index (χ3v) is 5.14. The van der Waals surface area contributed by atoms with Gasteiger partial charge in [0, 0.05) is 15.6 Å². The van der Waals surface area contributed by atoms with Gasteiger partial charge in [-0.3, -0.25) is 15.7 Å². The van der Waals surface area contributed by atoms with Gasteiger partial charge in [0.2, 0.25) is 0 Å². The number of rotatable bonds is 4.